The van der Waals surface area contributed by atoms with Gasteiger partial charge in [0.15, 0.2) is 16.1 Å². The number of amides is 2. The Morgan fingerprint density at radius 3 is 2.39 bits per heavy atom. The highest BCUT2D eigenvalue weighted by Crippen LogP contribution is 2.41. The molecule has 1 aromatic carbocycles. The third-order valence-corrected chi connectivity index (χ3v) is 11.4. The normalized spacial score (nSPS) is 28.7. The number of sulfone groups is 1. The summed E-state index contributed by atoms with van der Waals surface area (Å²) in [6, 6.07) is 8.27. The maximum Gasteiger partial charge on any atom is 0.410 e. The Hall–Kier alpha value is -2.35. The Morgan fingerprint density at radius 1 is 1.13 bits per heavy atom. The molecule has 5 rings (SSSR count). The minimum atomic E-state index is -3.90. The number of alkyl carbamates (subject to hydrolysis) is 1. The van der Waals surface area contributed by atoms with E-state index in [4.69, 9.17) is 16.3 Å². The number of rotatable bonds is 6. The van der Waals surface area contributed by atoms with E-state index in [-0.39, 0.29) is 34.8 Å². The highest BCUT2D eigenvalue weighted by molar-refractivity contribution is 7.92. The number of halogens is 1. The molecule has 1 aromatic rings. The van der Waals surface area contributed by atoms with E-state index in [9.17, 15) is 23.3 Å². The van der Waals surface area contributed by atoms with Crippen LogP contribution in [0.2, 0.25) is 5.02 Å². The zero-order chi connectivity index (χ0) is 27.3. The van der Waals surface area contributed by atoms with Gasteiger partial charge < -0.3 is 15.0 Å². The third-order valence-electron chi connectivity index (χ3n) is 8.75. The lowest BCUT2D eigenvalue weighted by Crippen LogP contribution is -2.62. The molecule has 0 spiro atoms. The topological polar surface area (TPSA) is 120 Å². The van der Waals surface area contributed by atoms with E-state index < -0.39 is 32.9 Å². The summed E-state index contributed by atoms with van der Waals surface area (Å²) in [6.45, 7) is 5.29. The number of hydrogen-bond donors (Lipinski definition) is 1. The van der Waals surface area contributed by atoms with Crippen molar-refractivity contribution in [2.75, 3.05) is 13.1 Å². The number of likely N-dealkylation sites (tertiary alicyclic amines) is 2. The van der Waals surface area contributed by atoms with Crippen molar-refractivity contribution in [1.82, 2.24) is 15.1 Å². The van der Waals surface area contributed by atoms with E-state index in [1.165, 1.54) is 17.0 Å². The van der Waals surface area contributed by atoms with Crippen LogP contribution in [0.5, 0.6) is 0 Å². The molecule has 2 saturated heterocycles. The second kappa shape index (κ2) is 10.00. The van der Waals surface area contributed by atoms with Gasteiger partial charge in [0.05, 0.1) is 27.3 Å². The Labute approximate surface area is 229 Å². The molecule has 1 N–H and O–H groups in total. The van der Waals surface area contributed by atoms with Crippen LogP contribution in [0.15, 0.2) is 29.2 Å². The number of nitrogens with zero attached hydrogens (tertiary/aromatic N) is 3. The van der Waals surface area contributed by atoms with Crippen LogP contribution >= 0.6 is 11.6 Å². The van der Waals surface area contributed by atoms with E-state index >= 15 is 0 Å². The minimum Gasteiger partial charge on any atom is -0.425 e. The summed E-state index contributed by atoms with van der Waals surface area (Å²) in [6.07, 6.45) is 4.08. The van der Waals surface area contributed by atoms with Crippen molar-refractivity contribution < 1.29 is 22.7 Å². The average Bonchev–Trinajstić information content (AvgIpc) is 3.48. The van der Waals surface area contributed by atoms with Gasteiger partial charge in [-0.25, -0.2) is 13.2 Å². The van der Waals surface area contributed by atoms with Crippen molar-refractivity contribution >= 4 is 33.4 Å². The second-order valence-electron chi connectivity index (χ2n) is 11.9. The number of ether oxygens (including phenoxy) is 1. The van der Waals surface area contributed by atoms with Crippen LogP contribution in [0.3, 0.4) is 0 Å². The third kappa shape index (κ3) is 5.25. The summed E-state index contributed by atoms with van der Waals surface area (Å²) in [5, 5.41) is 11.0. The molecule has 0 bridgehead atoms. The lowest BCUT2D eigenvalue weighted by atomic mass is 9.74. The van der Waals surface area contributed by atoms with Crippen LogP contribution in [0.4, 0.5) is 4.79 Å². The summed E-state index contributed by atoms with van der Waals surface area (Å²) in [7, 11) is -3.90. The first-order chi connectivity index (χ1) is 17.9. The Balaban J connectivity index is 1.34. The molecule has 0 aromatic heterocycles. The van der Waals surface area contributed by atoms with Crippen LogP contribution < -0.4 is 5.32 Å². The summed E-state index contributed by atoms with van der Waals surface area (Å²) in [4.78, 5) is 30.2. The lowest BCUT2D eigenvalue weighted by molar-refractivity contribution is -0.151. The fourth-order valence-electron chi connectivity index (χ4n) is 5.94. The molecule has 38 heavy (non-hydrogen) atoms. The summed E-state index contributed by atoms with van der Waals surface area (Å²) in [5.74, 6) is -0.211. The first-order valence-corrected chi connectivity index (χ1v) is 15.3. The zero-order valence-electron chi connectivity index (χ0n) is 21.9. The Kier molecular flexibility index (Phi) is 7.16. The fourth-order valence-corrected chi connectivity index (χ4v) is 8.14. The van der Waals surface area contributed by atoms with Crippen LogP contribution in [-0.4, -0.2) is 72.4 Å². The average molecular weight is 563 g/mol. The number of hydrogen-bond acceptors (Lipinski definition) is 7. The molecule has 2 heterocycles. The summed E-state index contributed by atoms with van der Waals surface area (Å²) < 4.78 is 32.7. The lowest BCUT2D eigenvalue weighted by Gasteiger charge is -2.49. The molecule has 9 nitrogen and oxygen atoms in total. The predicted octanol–water partition coefficient (Wildman–Crippen LogP) is 3.87. The van der Waals surface area contributed by atoms with Crippen LogP contribution in [0.25, 0.3) is 0 Å². The smallest absolute Gasteiger partial charge is 0.410 e. The van der Waals surface area contributed by atoms with Crippen molar-refractivity contribution in [2.45, 2.75) is 99.2 Å². The number of carbonyl (C=O) groups excluding carboxylic acids is 2. The van der Waals surface area contributed by atoms with E-state index in [0.717, 1.165) is 32.2 Å². The monoisotopic (exact) mass is 562 g/mol. The standard InChI is InChI=1S/C27H35ClN4O5S/c1-26(2)10-7-18(8-11-26)31-14-9-21(31)24(33)32-16-19(38(35,36)22-6-4-3-5-20(22)28)15-23(32)37-25(34)30-27(17-29)12-13-27/h3-6,18-19,21,23H,7-16H2,1-2H3,(H,30,34)/t19-,21?,23+/m1/s1. The van der Waals surface area contributed by atoms with Crippen LogP contribution in [0, 0.1) is 16.7 Å². The molecule has 4 fully saturated rings. The van der Waals surface area contributed by atoms with E-state index in [2.05, 4.69) is 30.1 Å². The molecule has 2 aliphatic carbocycles. The van der Waals surface area contributed by atoms with Gasteiger partial charge in [-0.1, -0.05) is 37.6 Å². The first-order valence-electron chi connectivity index (χ1n) is 13.4. The molecule has 0 radical (unpaired) electrons. The number of carbonyl (C=O) groups is 2. The van der Waals surface area contributed by atoms with Crippen molar-refractivity contribution in [3.8, 4) is 6.07 Å². The van der Waals surface area contributed by atoms with Crippen molar-refractivity contribution in [1.29, 1.82) is 5.26 Å². The van der Waals surface area contributed by atoms with Crippen molar-refractivity contribution in [3.63, 3.8) is 0 Å². The second-order valence-corrected chi connectivity index (χ2v) is 14.5. The summed E-state index contributed by atoms with van der Waals surface area (Å²) in [5.41, 5.74) is -0.627. The van der Waals surface area contributed by atoms with Gasteiger partial charge in [-0.15, -0.1) is 0 Å². The van der Waals surface area contributed by atoms with E-state index in [1.54, 1.807) is 12.1 Å². The minimum absolute atomic E-state index is 0.000622. The van der Waals surface area contributed by atoms with Gasteiger partial charge in [0.2, 0.25) is 5.91 Å². The Morgan fingerprint density at radius 2 is 1.82 bits per heavy atom. The van der Waals surface area contributed by atoms with Crippen LogP contribution in [0.1, 0.15) is 65.2 Å². The quantitative estimate of drug-likeness (QED) is 0.559. The van der Waals surface area contributed by atoms with Crippen molar-refractivity contribution in [3.05, 3.63) is 29.3 Å². The molecule has 206 valence electrons. The summed E-state index contributed by atoms with van der Waals surface area (Å²) >= 11 is 6.22. The van der Waals surface area contributed by atoms with Gasteiger partial charge in [-0.05, 0) is 62.5 Å². The number of benzene rings is 1. The van der Waals surface area contributed by atoms with Gasteiger partial charge in [0.1, 0.15) is 5.54 Å². The molecular formula is C27H35ClN4O5S. The maximum atomic E-state index is 13.8. The van der Waals surface area contributed by atoms with Gasteiger partial charge in [0, 0.05) is 25.6 Å². The first kappa shape index (κ1) is 27.2. The van der Waals surface area contributed by atoms with Crippen molar-refractivity contribution in [2.24, 2.45) is 5.41 Å². The highest BCUT2D eigenvalue weighted by atomic mass is 35.5. The highest BCUT2D eigenvalue weighted by Gasteiger charge is 2.51. The molecule has 11 heteroatoms. The molecular weight excluding hydrogens is 528 g/mol. The molecule has 1 unspecified atom stereocenters. The molecule has 2 amide bonds. The van der Waals surface area contributed by atoms with Crippen LogP contribution in [-0.2, 0) is 19.4 Å². The number of nitrogens with one attached hydrogen (secondary N) is 1. The predicted molar refractivity (Wildman–Crippen MR) is 141 cm³/mol. The molecule has 4 aliphatic rings. The SMILES string of the molecule is CC1(C)CCC(N2CCC2C(=O)N2C[C@H](S(=O)(=O)c3ccccc3Cl)C[C@@H]2OC(=O)NC2(C#N)CC2)CC1. The maximum absolute atomic E-state index is 13.8. The molecule has 3 atom stereocenters. The molecule has 2 aliphatic heterocycles. The van der Waals surface area contributed by atoms with Gasteiger partial charge in [-0.2, -0.15) is 5.26 Å². The van der Waals surface area contributed by atoms with Gasteiger partial charge >= 0.3 is 6.09 Å². The van der Waals surface area contributed by atoms with Gasteiger partial charge in [0.25, 0.3) is 0 Å². The Bertz CT molecular complexity index is 1250. The largest absolute Gasteiger partial charge is 0.425 e. The van der Waals surface area contributed by atoms with Gasteiger partial charge in [-0.3, -0.25) is 9.69 Å². The van der Waals surface area contributed by atoms with E-state index in [1.807, 2.05) is 0 Å². The number of nitriles is 1. The van der Waals surface area contributed by atoms with E-state index in [0.29, 0.717) is 30.7 Å². The zero-order valence-corrected chi connectivity index (χ0v) is 23.4. The fraction of sp³-hybridized carbons (Fsp3) is 0.667. The molecule has 2 saturated carbocycles.